The highest BCUT2D eigenvalue weighted by Crippen LogP contribution is 2.15. The third kappa shape index (κ3) is 1.68. The molecule has 0 aliphatic rings. The van der Waals surface area contributed by atoms with Crippen molar-refractivity contribution in [2.75, 3.05) is 0 Å². The number of hydrogen-bond donors (Lipinski definition) is 2. The van der Waals surface area contributed by atoms with E-state index in [0.29, 0.717) is 12.1 Å². The van der Waals surface area contributed by atoms with E-state index in [4.69, 9.17) is 10.8 Å². The summed E-state index contributed by atoms with van der Waals surface area (Å²) >= 11 is 0. The normalized spacial score (nSPS) is 9.86. The number of nitrogens with two attached hydrogens (primary N) is 1. The summed E-state index contributed by atoms with van der Waals surface area (Å²) in [5, 5.41) is 8.38. The van der Waals surface area contributed by atoms with E-state index in [0.717, 1.165) is 0 Å². The molecule has 0 aromatic heterocycles. The third-order valence-electron chi connectivity index (χ3n) is 1.54. The van der Waals surface area contributed by atoms with Crippen molar-refractivity contribution in [1.82, 2.24) is 0 Å². The Morgan fingerprint density at radius 2 is 1.64 bits per heavy atom. The number of carbonyl (C=O) groups excluding carboxylic acids is 1. The number of benzene rings is 1. The van der Waals surface area contributed by atoms with Gasteiger partial charge in [-0.3, -0.25) is 4.79 Å². The predicted molar refractivity (Wildman–Crippen MR) is 41.8 cm³/mol. The van der Waals surface area contributed by atoms with Crippen LogP contribution in [0.5, 0.6) is 0 Å². The molecule has 0 unspecified atom stereocenters. The fraction of sp³-hybridized carbons (Fsp3) is 0. The predicted octanol–water partition coefficient (Wildman–Crippen LogP) is 0.762. The molecular weight excluding hydrogens is 196 g/mol. The number of carbonyl (C=O) groups is 2. The molecule has 1 rings (SSSR count). The summed E-state index contributed by atoms with van der Waals surface area (Å²) < 4.78 is 25.8. The summed E-state index contributed by atoms with van der Waals surface area (Å²) in [4.78, 5) is 20.9. The van der Waals surface area contributed by atoms with Gasteiger partial charge in [-0.2, -0.15) is 0 Å². The molecular formula is C8H5F2NO3. The van der Waals surface area contributed by atoms with Gasteiger partial charge in [0.15, 0.2) is 0 Å². The van der Waals surface area contributed by atoms with Crippen molar-refractivity contribution in [2.45, 2.75) is 0 Å². The number of aromatic carboxylic acids is 1. The third-order valence-corrected chi connectivity index (χ3v) is 1.54. The lowest BCUT2D eigenvalue weighted by Crippen LogP contribution is -2.14. The molecule has 74 valence electrons. The second-order valence-electron chi connectivity index (χ2n) is 2.48. The van der Waals surface area contributed by atoms with Crippen molar-refractivity contribution in [2.24, 2.45) is 5.73 Å². The molecule has 0 saturated heterocycles. The van der Waals surface area contributed by atoms with Crippen molar-refractivity contribution in [3.8, 4) is 0 Å². The molecule has 0 aliphatic heterocycles. The Hall–Kier alpha value is -1.98. The first kappa shape index (κ1) is 10.1. The Balaban J connectivity index is 3.39. The number of rotatable bonds is 2. The fourth-order valence-corrected chi connectivity index (χ4v) is 0.920. The molecule has 0 radical (unpaired) electrons. The highest BCUT2D eigenvalue weighted by atomic mass is 19.1. The zero-order valence-corrected chi connectivity index (χ0v) is 6.75. The van der Waals surface area contributed by atoms with Crippen LogP contribution in [-0.4, -0.2) is 17.0 Å². The zero-order valence-electron chi connectivity index (χ0n) is 6.75. The van der Waals surface area contributed by atoms with Gasteiger partial charge < -0.3 is 10.8 Å². The summed E-state index contributed by atoms with van der Waals surface area (Å²) in [5.41, 5.74) is 3.24. The van der Waals surface area contributed by atoms with E-state index in [-0.39, 0.29) is 0 Å². The van der Waals surface area contributed by atoms with Crippen LogP contribution in [0.25, 0.3) is 0 Å². The van der Waals surface area contributed by atoms with Gasteiger partial charge in [0.2, 0.25) is 5.91 Å². The molecule has 3 N–H and O–H groups in total. The molecule has 6 heteroatoms. The fourth-order valence-electron chi connectivity index (χ4n) is 0.920. The van der Waals surface area contributed by atoms with Crippen molar-refractivity contribution < 1.29 is 23.5 Å². The first-order chi connectivity index (χ1) is 6.43. The first-order valence-electron chi connectivity index (χ1n) is 3.45. The van der Waals surface area contributed by atoms with Crippen LogP contribution in [0.4, 0.5) is 8.78 Å². The average molecular weight is 201 g/mol. The van der Waals surface area contributed by atoms with Crippen molar-refractivity contribution in [3.63, 3.8) is 0 Å². The van der Waals surface area contributed by atoms with Gasteiger partial charge in [-0.25, -0.2) is 13.6 Å². The SMILES string of the molecule is NC(=O)c1cc(F)c(C(=O)O)c(F)c1. The summed E-state index contributed by atoms with van der Waals surface area (Å²) in [7, 11) is 0. The van der Waals surface area contributed by atoms with Crippen LogP contribution in [0.15, 0.2) is 12.1 Å². The van der Waals surface area contributed by atoms with E-state index in [9.17, 15) is 18.4 Å². The van der Waals surface area contributed by atoms with Gasteiger partial charge in [0.1, 0.15) is 17.2 Å². The van der Waals surface area contributed by atoms with Gasteiger partial charge in [0, 0.05) is 5.56 Å². The molecule has 0 fully saturated rings. The van der Waals surface area contributed by atoms with Gasteiger partial charge >= 0.3 is 5.97 Å². The number of hydrogen-bond acceptors (Lipinski definition) is 2. The highest BCUT2D eigenvalue weighted by molar-refractivity contribution is 5.95. The maximum Gasteiger partial charge on any atom is 0.341 e. The summed E-state index contributed by atoms with van der Waals surface area (Å²) in [5.74, 6) is -5.42. The molecule has 4 nitrogen and oxygen atoms in total. The summed E-state index contributed by atoms with van der Waals surface area (Å²) in [6.45, 7) is 0. The van der Waals surface area contributed by atoms with Crippen LogP contribution >= 0.6 is 0 Å². The number of carboxylic acid groups (broad SMARTS) is 1. The number of primary amides is 1. The van der Waals surface area contributed by atoms with Crippen LogP contribution in [0.2, 0.25) is 0 Å². The minimum absolute atomic E-state index is 0.412. The molecule has 0 saturated carbocycles. The van der Waals surface area contributed by atoms with Crippen molar-refractivity contribution in [3.05, 3.63) is 34.9 Å². The Labute approximate surface area is 76.9 Å². The first-order valence-corrected chi connectivity index (χ1v) is 3.45. The van der Waals surface area contributed by atoms with Crippen molar-refractivity contribution >= 4 is 11.9 Å². The lowest BCUT2D eigenvalue weighted by Gasteiger charge is -2.01. The number of halogens is 2. The van der Waals surface area contributed by atoms with E-state index in [1.165, 1.54) is 0 Å². The second kappa shape index (κ2) is 3.41. The number of amides is 1. The molecule has 0 heterocycles. The average Bonchev–Trinajstić information content (AvgIpc) is 2.01. The minimum atomic E-state index is -1.74. The van der Waals surface area contributed by atoms with E-state index in [1.54, 1.807) is 0 Å². The van der Waals surface area contributed by atoms with Gasteiger partial charge in [-0.05, 0) is 12.1 Å². The molecule has 1 aromatic carbocycles. The maximum atomic E-state index is 12.9. The molecule has 1 aromatic rings. The lowest BCUT2D eigenvalue weighted by molar-refractivity contribution is 0.0685. The van der Waals surface area contributed by atoms with Crippen LogP contribution in [0.1, 0.15) is 20.7 Å². The monoisotopic (exact) mass is 201 g/mol. The number of carboxylic acids is 1. The van der Waals surface area contributed by atoms with Crippen molar-refractivity contribution in [1.29, 1.82) is 0 Å². The van der Waals surface area contributed by atoms with E-state index >= 15 is 0 Å². The standard InChI is InChI=1S/C8H5F2NO3/c9-4-1-3(7(11)12)2-5(10)6(4)8(13)14/h1-2H,(H2,11,12)(H,13,14). The smallest absolute Gasteiger partial charge is 0.341 e. The minimum Gasteiger partial charge on any atom is -0.477 e. The van der Waals surface area contributed by atoms with E-state index in [2.05, 4.69) is 0 Å². The van der Waals surface area contributed by atoms with Gasteiger partial charge in [-0.1, -0.05) is 0 Å². The Bertz CT molecular complexity index is 394. The Kier molecular flexibility index (Phi) is 2.46. The highest BCUT2D eigenvalue weighted by Gasteiger charge is 2.18. The molecule has 0 spiro atoms. The molecule has 1 amide bonds. The van der Waals surface area contributed by atoms with Crippen LogP contribution in [0, 0.1) is 11.6 Å². The quantitative estimate of drug-likeness (QED) is 0.741. The van der Waals surface area contributed by atoms with Gasteiger partial charge in [-0.15, -0.1) is 0 Å². The van der Waals surface area contributed by atoms with E-state index < -0.39 is 34.6 Å². The maximum absolute atomic E-state index is 12.9. The lowest BCUT2D eigenvalue weighted by atomic mass is 10.1. The van der Waals surface area contributed by atoms with Crippen LogP contribution in [-0.2, 0) is 0 Å². The van der Waals surface area contributed by atoms with Gasteiger partial charge in [0.05, 0.1) is 0 Å². The zero-order chi connectivity index (χ0) is 10.9. The Morgan fingerprint density at radius 1 is 1.21 bits per heavy atom. The summed E-state index contributed by atoms with van der Waals surface area (Å²) in [6, 6.07) is 1.16. The largest absolute Gasteiger partial charge is 0.477 e. The Morgan fingerprint density at radius 3 is 1.93 bits per heavy atom. The topological polar surface area (TPSA) is 80.4 Å². The molecule has 0 aliphatic carbocycles. The second-order valence-corrected chi connectivity index (χ2v) is 2.48. The molecule has 0 bridgehead atoms. The van der Waals surface area contributed by atoms with Crippen LogP contribution < -0.4 is 5.73 Å². The van der Waals surface area contributed by atoms with Gasteiger partial charge in [0.25, 0.3) is 0 Å². The van der Waals surface area contributed by atoms with Crippen LogP contribution in [0.3, 0.4) is 0 Å². The van der Waals surface area contributed by atoms with E-state index in [1.807, 2.05) is 0 Å². The molecule has 0 atom stereocenters. The molecule has 14 heavy (non-hydrogen) atoms. The summed E-state index contributed by atoms with van der Waals surface area (Å²) in [6.07, 6.45) is 0.